The average Bonchev–Trinajstić information content (AvgIpc) is 2.94. The maximum Gasteiger partial charge on any atom is 0.404 e. The van der Waals surface area contributed by atoms with Crippen LogP contribution in [0.4, 0.5) is 13.2 Å². The van der Waals surface area contributed by atoms with Crippen molar-refractivity contribution >= 4 is 0 Å². The van der Waals surface area contributed by atoms with Crippen LogP contribution in [0, 0.1) is 5.92 Å². The predicted octanol–water partition coefficient (Wildman–Crippen LogP) is 2.92. The minimum atomic E-state index is -4.14. The van der Waals surface area contributed by atoms with Gasteiger partial charge in [-0.05, 0) is 51.1 Å². The van der Waals surface area contributed by atoms with Gasteiger partial charge >= 0.3 is 6.18 Å². The monoisotopic (exact) mass is 264 g/mol. The minimum Gasteiger partial charge on any atom is -0.330 e. The van der Waals surface area contributed by atoms with Gasteiger partial charge in [-0.25, -0.2) is 0 Å². The topological polar surface area (TPSA) is 29.3 Å². The number of halogens is 3. The molecule has 2 N–H and O–H groups in total. The van der Waals surface area contributed by atoms with Gasteiger partial charge in [-0.1, -0.05) is 12.8 Å². The number of nitrogens with zero attached hydrogens (tertiary/aromatic N) is 1. The highest BCUT2D eigenvalue weighted by Crippen LogP contribution is 2.39. The molecule has 1 saturated heterocycles. The van der Waals surface area contributed by atoms with Crippen LogP contribution in [-0.2, 0) is 0 Å². The summed E-state index contributed by atoms with van der Waals surface area (Å²) in [7, 11) is 0. The van der Waals surface area contributed by atoms with E-state index in [1.54, 1.807) is 4.90 Å². The average molecular weight is 264 g/mol. The van der Waals surface area contributed by atoms with Crippen molar-refractivity contribution in [1.29, 1.82) is 0 Å². The quantitative estimate of drug-likeness (QED) is 0.846. The van der Waals surface area contributed by atoms with Crippen molar-refractivity contribution in [3.05, 3.63) is 0 Å². The molecule has 18 heavy (non-hydrogen) atoms. The van der Waals surface area contributed by atoms with Gasteiger partial charge in [0, 0.05) is 6.04 Å². The molecular weight excluding hydrogens is 241 g/mol. The van der Waals surface area contributed by atoms with Gasteiger partial charge in [0.1, 0.15) is 6.04 Å². The van der Waals surface area contributed by atoms with Crippen LogP contribution in [0.1, 0.15) is 44.9 Å². The zero-order valence-corrected chi connectivity index (χ0v) is 10.8. The smallest absolute Gasteiger partial charge is 0.330 e. The Labute approximate surface area is 107 Å². The largest absolute Gasteiger partial charge is 0.404 e. The molecule has 2 aliphatic rings. The highest BCUT2D eigenvalue weighted by Gasteiger charge is 2.47. The number of hydrogen-bond acceptors (Lipinski definition) is 2. The summed E-state index contributed by atoms with van der Waals surface area (Å²) in [6.07, 6.45) is 2.31. The normalized spacial score (nSPS) is 29.0. The van der Waals surface area contributed by atoms with E-state index >= 15 is 0 Å². The van der Waals surface area contributed by atoms with Gasteiger partial charge < -0.3 is 5.73 Å². The standard InChI is InChI=1S/C13H23F3N2/c14-13(15,16)12(7-8-17)18-9-3-6-11(18)10-4-1-2-5-10/h10-12H,1-9,17H2. The van der Waals surface area contributed by atoms with Crippen molar-refractivity contribution < 1.29 is 13.2 Å². The van der Waals surface area contributed by atoms with E-state index in [0.717, 1.165) is 25.7 Å². The molecular formula is C13H23F3N2. The summed E-state index contributed by atoms with van der Waals surface area (Å²) in [6.45, 7) is 0.698. The molecule has 5 heteroatoms. The van der Waals surface area contributed by atoms with E-state index in [2.05, 4.69) is 0 Å². The molecule has 2 rings (SSSR count). The Morgan fingerprint density at radius 3 is 2.33 bits per heavy atom. The van der Waals surface area contributed by atoms with Crippen LogP contribution in [0.3, 0.4) is 0 Å². The SMILES string of the molecule is NCCC(N1CCCC1C1CCCC1)C(F)(F)F. The molecule has 1 aliphatic heterocycles. The second-order valence-electron chi connectivity index (χ2n) is 5.63. The molecule has 1 saturated carbocycles. The van der Waals surface area contributed by atoms with Crippen molar-refractivity contribution in [2.45, 2.75) is 63.2 Å². The van der Waals surface area contributed by atoms with Crippen LogP contribution in [0.2, 0.25) is 0 Å². The Balaban J connectivity index is 2.07. The van der Waals surface area contributed by atoms with E-state index in [1.165, 1.54) is 12.8 Å². The lowest BCUT2D eigenvalue weighted by molar-refractivity contribution is -0.189. The number of likely N-dealkylation sites (tertiary alicyclic amines) is 1. The van der Waals surface area contributed by atoms with E-state index in [-0.39, 0.29) is 19.0 Å². The summed E-state index contributed by atoms with van der Waals surface area (Å²) in [5.41, 5.74) is 5.37. The van der Waals surface area contributed by atoms with Crippen molar-refractivity contribution in [3.8, 4) is 0 Å². The van der Waals surface area contributed by atoms with Crippen molar-refractivity contribution in [1.82, 2.24) is 4.90 Å². The van der Waals surface area contributed by atoms with Gasteiger partial charge in [0.2, 0.25) is 0 Å². The lowest BCUT2D eigenvalue weighted by Crippen LogP contribution is -2.50. The van der Waals surface area contributed by atoms with Gasteiger partial charge in [-0.2, -0.15) is 13.2 Å². The van der Waals surface area contributed by atoms with Crippen molar-refractivity contribution in [3.63, 3.8) is 0 Å². The molecule has 106 valence electrons. The van der Waals surface area contributed by atoms with Crippen LogP contribution in [0.25, 0.3) is 0 Å². The van der Waals surface area contributed by atoms with Crippen LogP contribution < -0.4 is 5.73 Å². The maximum atomic E-state index is 13.1. The summed E-state index contributed by atoms with van der Waals surface area (Å²) in [5, 5.41) is 0. The molecule has 2 fully saturated rings. The molecule has 0 bridgehead atoms. The molecule has 2 unspecified atom stereocenters. The Morgan fingerprint density at radius 2 is 1.78 bits per heavy atom. The van der Waals surface area contributed by atoms with Crippen molar-refractivity contribution in [2.75, 3.05) is 13.1 Å². The number of rotatable bonds is 4. The number of hydrogen-bond donors (Lipinski definition) is 1. The third-order valence-corrected chi connectivity index (χ3v) is 4.50. The molecule has 2 nitrogen and oxygen atoms in total. The maximum absolute atomic E-state index is 13.1. The van der Waals surface area contributed by atoms with E-state index < -0.39 is 12.2 Å². The third-order valence-electron chi connectivity index (χ3n) is 4.50. The van der Waals surface area contributed by atoms with E-state index in [1.807, 2.05) is 0 Å². The van der Waals surface area contributed by atoms with E-state index in [0.29, 0.717) is 12.5 Å². The second-order valence-corrected chi connectivity index (χ2v) is 5.63. The summed E-state index contributed by atoms with van der Waals surface area (Å²) >= 11 is 0. The first kappa shape index (κ1) is 14.1. The van der Waals surface area contributed by atoms with Crippen LogP contribution in [0.5, 0.6) is 0 Å². The van der Waals surface area contributed by atoms with Crippen LogP contribution in [0.15, 0.2) is 0 Å². The molecule has 0 aromatic rings. The van der Waals surface area contributed by atoms with E-state index in [9.17, 15) is 13.2 Å². The molecule has 0 amide bonds. The fraction of sp³-hybridized carbons (Fsp3) is 1.00. The Bertz CT molecular complexity index is 261. The summed E-state index contributed by atoms with van der Waals surface area (Å²) in [6, 6.07) is -1.18. The summed E-state index contributed by atoms with van der Waals surface area (Å²) in [4.78, 5) is 1.71. The van der Waals surface area contributed by atoms with Crippen molar-refractivity contribution in [2.24, 2.45) is 11.7 Å². The second kappa shape index (κ2) is 5.78. The predicted molar refractivity (Wildman–Crippen MR) is 65.2 cm³/mol. The summed E-state index contributed by atoms with van der Waals surface area (Å²) in [5.74, 6) is 0.482. The van der Waals surface area contributed by atoms with E-state index in [4.69, 9.17) is 5.73 Å². The molecule has 0 radical (unpaired) electrons. The Morgan fingerprint density at radius 1 is 1.11 bits per heavy atom. The zero-order chi connectivity index (χ0) is 13.2. The summed E-state index contributed by atoms with van der Waals surface area (Å²) < 4.78 is 39.4. The fourth-order valence-corrected chi connectivity index (χ4v) is 3.73. The van der Waals surface area contributed by atoms with Gasteiger partial charge in [0.15, 0.2) is 0 Å². The van der Waals surface area contributed by atoms with Gasteiger partial charge in [-0.15, -0.1) is 0 Å². The first-order valence-corrected chi connectivity index (χ1v) is 7.06. The highest BCUT2D eigenvalue weighted by molar-refractivity contribution is 4.93. The van der Waals surface area contributed by atoms with Crippen LogP contribution in [-0.4, -0.2) is 36.2 Å². The van der Waals surface area contributed by atoms with Gasteiger partial charge in [-0.3, -0.25) is 4.90 Å². The molecule has 2 atom stereocenters. The Hall–Kier alpha value is -0.290. The fourth-order valence-electron chi connectivity index (χ4n) is 3.73. The molecule has 1 heterocycles. The minimum absolute atomic E-state index is 0.0344. The van der Waals surface area contributed by atoms with Gasteiger partial charge in [0.05, 0.1) is 0 Å². The lowest BCUT2D eigenvalue weighted by Gasteiger charge is -2.37. The molecule has 1 aliphatic carbocycles. The highest BCUT2D eigenvalue weighted by atomic mass is 19.4. The Kier molecular flexibility index (Phi) is 4.54. The first-order chi connectivity index (χ1) is 8.54. The number of nitrogens with two attached hydrogens (primary N) is 1. The van der Waals surface area contributed by atoms with Gasteiger partial charge in [0.25, 0.3) is 0 Å². The van der Waals surface area contributed by atoms with Crippen LogP contribution >= 0.6 is 0 Å². The molecule has 0 aromatic carbocycles. The zero-order valence-electron chi connectivity index (χ0n) is 10.8. The molecule has 0 spiro atoms. The molecule has 0 aromatic heterocycles. The number of alkyl halides is 3. The first-order valence-electron chi connectivity index (χ1n) is 7.06. The third kappa shape index (κ3) is 2.99. The lowest BCUT2D eigenvalue weighted by atomic mass is 9.94.